The summed E-state index contributed by atoms with van der Waals surface area (Å²) in [5, 5.41) is 6.47. The van der Waals surface area contributed by atoms with Gasteiger partial charge in [0.15, 0.2) is 0 Å². The fraction of sp³-hybridized carbons (Fsp3) is 0.410. The molecule has 2 aromatic heterocycles. The summed E-state index contributed by atoms with van der Waals surface area (Å²) in [5.41, 5.74) is 5.44. The zero-order chi connectivity index (χ0) is 33.4. The number of fused-ring (bicyclic) bond motifs is 2. The number of hydrogen-bond acceptors (Lipinski definition) is 5. The van der Waals surface area contributed by atoms with Gasteiger partial charge in [0.1, 0.15) is 12.4 Å². The van der Waals surface area contributed by atoms with Crippen molar-refractivity contribution in [2.24, 2.45) is 11.3 Å². The third-order valence-corrected chi connectivity index (χ3v) is 9.80. The topological polar surface area (TPSA) is 78.6 Å². The normalized spacial score (nSPS) is 17.7. The second-order valence-corrected chi connectivity index (χ2v) is 14.3. The number of aromatic nitrogens is 3. The van der Waals surface area contributed by atoms with Gasteiger partial charge < -0.3 is 18.9 Å². The summed E-state index contributed by atoms with van der Waals surface area (Å²) in [5.74, 6) is 0.0927. The first kappa shape index (κ1) is 32.1. The van der Waals surface area contributed by atoms with Gasteiger partial charge in [-0.05, 0) is 85.5 Å². The van der Waals surface area contributed by atoms with Crippen molar-refractivity contribution in [2.75, 3.05) is 26.3 Å². The molecular weight excluding hydrogens is 607 g/mol. The summed E-state index contributed by atoms with van der Waals surface area (Å²) in [6.45, 7) is 8.59. The molecule has 2 saturated heterocycles. The summed E-state index contributed by atoms with van der Waals surface area (Å²) in [7, 11) is 0. The van der Waals surface area contributed by atoms with E-state index in [4.69, 9.17) is 9.47 Å². The molecular formula is C39H43FN4O4. The van der Waals surface area contributed by atoms with E-state index in [2.05, 4.69) is 21.8 Å². The zero-order valence-electron chi connectivity index (χ0n) is 28.0. The van der Waals surface area contributed by atoms with Crippen molar-refractivity contribution in [3.05, 3.63) is 95.6 Å². The smallest absolute Gasteiger partial charge is 0.410 e. The van der Waals surface area contributed by atoms with Gasteiger partial charge in [0.05, 0.1) is 17.2 Å². The number of hydrogen-bond donors (Lipinski definition) is 0. The lowest BCUT2D eigenvalue weighted by atomic mass is 9.86. The van der Waals surface area contributed by atoms with Crippen LogP contribution in [0.5, 0.6) is 0 Å². The lowest BCUT2D eigenvalue weighted by Gasteiger charge is -2.33. The van der Waals surface area contributed by atoms with E-state index in [1.54, 1.807) is 6.20 Å². The first-order chi connectivity index (χ1) is 23.2. The first-order valence-corrected chi connectivity index (χ1v) is 17.1. The van der Waals surface area contributed by atoms with Crippen LogP contribution in [0.4, 0.5) is 9.18 Å². The van der Waals surface area contributed by atoms with Crippen LogP contribution in [0.1, 0.15) is 74.0 Å². The van der Waals surface area contributed by atoms with Crippen LogP contribution in [-0.2, 0) is 22.5 Å². The van der Waals surface area contributed by atoms with Crippen molar-refractivity contribution in [1.82, 2.24) is 19.2 Å². The Kier molecular flexibility index (Phi) is 8.81. The van der Waals surface area contributed by atoms with Crippen LogP contribution in [0.25, 0.3) is 27.5 Å². The fourth-order valence-electron chi connectivity index (χ4n) is 7.35. The molecule has 5 aromatic rings. The summed E-state index contributed by atoms with van der Waals surface area (Å²) in [4.78, 5) is 28.6. The minimum atomic E-state index is -0.606. The Morgan fingerprint density at radius 2 is 1.73 bits per heavy atom. The Hall–Kier alpha value is -4.50. The Morgan fingerprint density at radius 1 is 0.979 bits per heavy atom. The van der Waals surface area contributed by atoms with Crippen molar-refractivity contribution < 1.29 is 23.5 Å². The van der Waals surface area contributed by atoms with Crippen LogP contribution >= 0.6 is 0 Å². The first-order valence-electron chi connectivity index (χ1n) is 17.1. The summed E-state index contributed by atoms with van der Waals surface area (Å²) >= 11 is 0. The molecule has 2 aliphatic heterocycles. The highest BCUT2D eigenvalue weighted by atomic mass is 19.1. The van der Waals surface area contributed by atoms with E-state index in [9.17, 15) is 14.0 Å². The van der Waals surface area contributed by atoms with Gasteiger partial charge in [-0.25, -0.2) is 9.18 Å². The second kappa shape index (κ2) is 13.2. The van der Waals surface area contributed by atoms with Gasteiger partial charge in [-0.1, -0.05) is 51.1 Å². The Labute approximate surface area is 280 Å². The van der Waals surface area contributed by atoms with Crippen LogP contribution in [-0.4, -0.2) is 57.6 Å². The number of likely N-dealkylation sites (tertiary alicyclic amines) is 1. The largest absolute Gasteiger partial charge is 0.445 e. The summed E-state index contributed by atoms with van der Waals surface area (Å²) < 4.78 is 29.6. The predicted molar refractivity (Wildman–Crippen MR) is 184 cm³/mol. The standard InChI is InChI=1S/C39H43FN4O4/c1-39(2,3)37(45)44-34-22-32-33(20-27-10-7-17-42(24-27)38(46)48-25-26-8-5-4-6-9-26)36(28-15-18-47-19-16-28)43(31-13-11-30(40)12-14-31)35(32)21-29(34)23-41-44/h4-6,8-9,11-14,21-23,27-28H,7,10,15-20,24-25H2,1-3H3. The Bertz CT molecular complexity index is 1930. The van der Waals surface area contributed by atoms with Crippen LogP contribution in [0.15, 0.2) is 72.9 Å². The van der Waals surface area contributed by atoms with E-state index >= 15 is 0 Å². The van der Waals surface area contributed by atoms with Gasteiger partial charge in [0.25, 0.3) is 5.91 Å². The molecule has 0 saturated carbocycles. The van der Waals surface area contributed by atoms with Crippen molar-refractivity contribution in [3.63, 3.8) is 0 Å². The molecule has 0 bridgehead atoms. The monoisotopic (exact) mass is 650 g/mol. The van der Waals surface area contributed by atoms with Crippen LogP contribution in [0.3, 0.4) is 0 Å². The maximum atomic E-state index is 14.2. The van der Waals surface area contributed by atoms with E-state index in [1.807, 2.05) is 68.1 Å². The highest BCUT2D eigenvalue weighted by Crippen LogP contribution is 2.42. The number of carbonyl (C=O) groups is 2. The molecule has 8 nitrogen and oxygen atoms in total. The van der Waals surface area contributed by atoms with E-state index in [-0.39, 0.29) is 36.3 Å². The summed E-state index contributed by atoms with van der Waals surface area (Å²) in [6, 6.07) is 20.7. The molecule has 48 heavy (non-hydrogen) atoms. The van der Waals surface area contributed by atoms with Crippen LogP contribution < -0.4 is 0 Å². The average Bonchev–Trinajstić information content (AvgIpc) is 3.65. The van der Waals surface area contributed by atoms with Gasteiger partial charge in [-0.15, -0.1) is 0 Å². The molecule has 2 fully saturated rings. The number of piperidine rings is 1. The quantitative estimate of drug-likeness (QED) is 0.185. The number of rotatable bonds is 6. The van der Waals surface area contributed by atoms with E-state index in [1.165, 1.54) is 28.1 Å². The van der Waals surface area contributed by atoms with Crippen molar-refractivity contribution in [3.8, 4) is 5.69 Å². The molecule has 1 atom stereocenters. The second-order valence-electron chi connectivity index (χ2n) is 14.3. The molecule has 9 heteroatoms. The highest BCUT2D eigenvalue weighted by molar-refractivity contribution is 6.02. The fourth-order valence-corrected chi connectivity index (χ4v) is 7.35. The highest BCUT2D eigenvalue weighted by Gasteiger charge is 2.32. The third-order valence-electron chi connectivity index (χ3n) is 9.80. The third kappa shape index (κ3) is 6.35. The number of carbonyl (C=O) groups excluding carboxylic acids is 2. The predicted octanol–water partition coefficient (Wildman–Crippen LogP) is 8.29. The average molecular weight is 651 g/mol. The van der Waals surface area contributed by atoms with Crippen molar-refractivity contribution in [2.45, 2.75) is 65.4 Å². The number of amides is 1. The molecule has 0 spiro atoms. The molecule has 2 aliphatic rings. The maximum Gasteiger partial charge on any atom is 0.410 e. The number of benzene rings is 3. The maximum absolute atomic E-state index is 14.2. The minimum Gasteiger partial charge on any atom is -0.445 e. The van der Waals surface area contributed by atoms with E-state index < -0.39 is 5.41 Å². The SMILES string of the molecule is CC(C)(C)C(=O)n1ncc2cc3c(cc21)c(CC1CCCN(C(=O)OCc2ccccc2)C1)c(C1CCOCC1)n3-c1ccc(F)cc1. The lowest BCUT2D eigenvalue weighted by Crippen LogP contribution is -2.40. The van der Waals surface area contributed by atoms with Gasteiger partial charge in [-0.2, -0.15) is 9.78 Å². The Morgan fingerprint density at radius 3 is 2.46 bits per heavy atom. The Balaban J connectivity index is 1.32. The van der Waals surface area contributed by atoms with Gasteiger partial charge in [0, 0.05) is 59.8 Å². The molecule has 1 amide bonds. The van der Waals surface area contributed by atoms with E-state index in [0.29, 0.717) is 26.3 Å². The molecule has 0 aliphatic carbocycles. The molecule has 0 N–H and O–H groups in total. The van der Waals surface area contributed by atoms with Crippen LogP contribution in [0.2, 0.25) is 0 Å². The van der Waals surface area contributed by atoms with Crippen LogP contribution in [0, 0.1) is 17.2 Å². The molecule has 1 unspecified atom stereocenters. The number of ether oxygens (including phenoxy) is 2. The molecule has 250 valence electrons. The van der Waals surface area contributed by atoms with Crippen molar-refractivity contribution >= 4 is 33.8 Å². The molecule has 4 heterocycles. The zero-order valence-corrected chi connectivity index (χ0v) is 28.0. The number of halogens is 1. The van der Waals surface area contributed by atoms with E-state index in [0.717, 1.165) is 65.2 Å². The van der Waals surface area contributed by atoms with Crippen molar-refractivity contribution in [1.29, 1.82) is 0 Å². The number of nitrogens with zero attached hydrogens (tertiary/aromatic N) is 4. The molecule has 3 aromatic carbocycles. The molecule has 7 rings (SSSR count). The minimum absolute atomic E-state index is 0.0713. The van der Waals surface area contributed by atoms with Gasteiger partial charge >= 0.3 is 6.09 Å². The summed E-state index contributed by atoms with van der Waals surface area (Å²) in [6.07, 6.45) is 5.87. The van der Waals surface area contributed by atoms with Gasteiger partial charge in [-0.3, -0.25) is 4.79 Å². The molecule has 0 radical (unpaired) electrons. The van der Waals surface area contributed by atoms with Gasteiger partial charge in [0.2, 0.25) is 0 Å². The lowest BCUT2D eigenvalue weighted by molar-refractivity contribution is 0.0754.